The van der Waals surface area contributed by atoms with E-state index in [0.717, 1.165) is 24.0 Å². The highest BCUT2D eigenvalue weighted by atomic mass is 79.9. The molecule has 19 heavy (non-hydrogen) atoms. The van der Waals surface area contributed by atoms with Gasteiger partial charge < -0.3 is 5.32 Å². The Balaban J connectivity index is 2.81. The van der Waals surface area contributed by atoms with Crippen LogP contribution >= 0.6 is 27.7 Å². The lowest BCUT2D eigenvalue weighted by molar-refractivity contribution is -0.384. The van der Waals surface area contributed by atoms with E-state index in [2.05, 4.69) is 28.2 Å². The summed E-state index contributed by atoms with van der Waals surface area (Å²) in [6.07, 6.45) is 0.894. The predicted octanol–water partition coefficient (Wildman–Crippen LogP) is 4.44. The summed E-state index contributed by atoms with van der Waals surface area (Å²) in [5.41, 5.74) is 0.1000. The molecule has 0 bridgehead atoms. The van der Waals surface area contributed by atoms with Crippen LogP contribution < -0.4 is 5.32 Å². The lowest BCUT2D eigenvalue weighted by Crippen LogP contribution is -2.17. The molecule has 0 aliphatic rings. The van der Waals surface area contributed by atoms with E-state index in [1.807, 2.05) is 18.7 Å². The number of benzene rings is 1. The van der Waals surface area contributed by atoms with Gasteiger partial charge in [-0.3, -0.25) is 10.1 Å². The van der Waals surface area contributed by atoms with Crippen LogP contribution in [0.3, 0.4) is 0 Å². The van der Waals surface area contributed by atoms with Gasteiger partial charge in [0.25, 0.3) is 5.69 Å². The van der Waals surface area contributed by atoms with Crippen LogP contribution in [0.4, 0.5) is 15.8 Å². The van der Waals surface area contributed by atoms with Crippen molar-refractivity contribution in [2.75, 3.05) is 16.8 Å². The maximum atomic E-state index is 13.3. The Morgan fingerprint density at radius 1 is 1.58 bits per heavy atom. The largest absolute Gasteiger partial charge is 0.377 e. The molecule has 0 saturated heterocycles. The first-order valence-corrected chi connectivity index (χ1v) is 7.88. The monoisotopic (exact) mass is 350 g/mol. The van der Waals surface area contributed by atoms with E-state index in [9.17, 15) is 14.5 Å². The van der Waals surface area contributed by atoms with Gasteiger partial charge in [-0.2, -0.15) is 11.8 Å². The minimum atomic E-state index is -0.633. The molecule has 7 heteroatoms. The Hall–Kier alpha value is -0.820. The van der Waals surface area contributed by atoms with E-state index in [-0.39, 0.29) is 16.2 Å². The Labute approximate surface area is 124 Å². The highest BCUT2D eigenvalue weighted by molar-refractivity contribution is 9.10. The number of hydrogen-bond donors (Lipinski definition) is 1. The Morgan fingerprint density at radius 2 is 2.26 bits per heavy atom. The van der Waals surface area contributed by atoms with E-state index in [4.69, 9.17) is 0 Å². The molecular formula is C12H16BrFN2O2S. The standard InChI is InChI=1S/C12H16BrFN2O2S/c1-3-19-5-4-8(2)15-11-6-9(13)10(14)7-12(11)16(17)18/h6-8,15H,3-5H2,1-2H3. The lowest BCUT2D eigenvalue weighted by Gasteiger charge is -2.15. The van der Waals surface area contributed by atoms with E-state index in [1.165, 1.54) is 6.07 Å². The fourth-order valence-electron chi connectivity index (χ4n) is 1.55. The van der Waals surface area contributed by atoms with Gasteiger partial charge in [-0.1, -0.05) is 6.92 Å². The second-order valence-corrected chi connectivity index (χ2v) is 6.32. The summed E-state index contributed by atoms with van der Waals surface area (Å²) in [6.45, 7) is 4.04. The van der Waals surface area contributed by atoms with Gasteiger partial charge in [0, 0.05) is 6.04 Å². The zero-order valence-corrected chi connectivity index (χ0v) is 13.2. The summed E-state index contributed by atoms with van der Waals surface area (Å²) in [6, 6.07) is 2.44. The molecule has 1 atom stereocenters. The van der Waals surface area contributed by atoms with Gasteiger partial charge in [0.05, 0.1) is 15.5 Å². The zero-order chi connectivity index (χ0) is 14.4. The van der Waals surface area contributed by atoms with Crippen molar-refractivity contribution in [3.8, 4) is 0 Å². The number of rotatable bonds is 7. The van der Waals surface area contributed by atoms with Crippen molar-refractivity contribution < 1.29 is 9.31 Å². The van der Waals surface area contributed by atoms with Gasteiger partial charge in [0.15, 0.2) is 0 Å². The molecule has 0 fully saturated rings. The number of nitrogens with one attached hydrogen (secondary N) is 1. The average Bonchev–Trinajstić information content (AvgIpc) is 2.33. The first-order valence-electron chi connectivity index (χ1n) is 5.93. The van der Waals surface area contributed by atoms with E-state index in [0.29, 0.717) is 5.69 Å². The van der Waals surface area contributed by atoms with Crippen LogP contribution in [-0.2, 0) is 0 Å². The fraction of sp³-hybridized carbons (Fsp3) is 0.500. The SMILES string of the molecule is CCSCCC(C)Nc1cc(Br)c(F)cc1[N+](=O)[O-]. The van der Waals surface area contributed by atoms with Crippen molar-refractivity contribution in [3.63, 3.8) is 0 Å². The average molecular weight is 351 g/mol. The number of halogens is 2. The van der Waals surface area contributed by atoms with Crippen molar-refractivity contribution in [2.45, 2.75) is 26.3 Å². The summed E-state index contributed by atoms with van der Waals surface area (Å²) in [5.74, 6) is 1.40. The summed E-state index contributed by atoms with van der Waals surface area (Å²) in [4.78, 5) is 10.3. The molecule has 0 aliphatic heterocycles. The van der Waals surface area contributed by atoms with Gasteiger partial charge in [-0.15, -0.1) is 0 Å². The second kappa shape index (κ2) is 7.69. The van der Waals surface area contributed by atoms with Crippen LogP contribution in [0.2, 0.25) is 0 Å². The van der Waals surface area contributed by atoms with Crippen LogP contribution in [0.25, 0.3) is 0 Å². The van der Waals surface area contributed by atoms with Gasteiger partial charge >= 0.3 is 0 Å². The Morgan fingerprint density at radius 3 is 2.84 bits per heavy atom. The smallest absolute Gasteiger partial charge is 0.295 e. The minimum Gasteiger partial charge on any atom is -0.377 e. The van der Waals surface area contributed by atoms with E-state index < -0.39 is 10.7 Å². The van der Waals surface area contributed by atoms with Crippen molar-refractivity contribution in [1.82, 2.24) is 0 Å². The summed E-state index contributed by atoms with van der Waals surface area (Å²) < 4.78 is 13.5. The molecule has 0 aliphatic carbocycles. The molecule has 1 unspecified atom stereocenters. The van der Waals surface area contributed by atoms with Crippen LogP contribution in [0.1, 0.15) is 20.3 Å². The molecule has 1 rings (SSSR count). The number of anilines is 1. The third-order valence-electron chi connectivity index (χ3n) is 2.54. The second-order valence-electron chi connectivity index (χ2n) is 4.07. The number of thioether (sulfide) groups is 1. The zero-order valence-electron chi connectivity index (χ0n) is 10.8. The molecule has 0 heterocycles. The first kappa shape index (κ1) is 16.2. The lowest BCUT2D eigenvalue weighted by atomic mass is 10.2. The van der Waals surface area contributed by atoms with Gasteiger partial charge in [-0.05, 0) is 46.8 Å². The minimum absolute atomic E-state index is 0.0927. The molecule has 1 aromatic carbocycles. The molecule has 1 N–H and O–H groups in total. The number of hydrogen-bond acceptors (Lipinski definition) is 4. The maximum absolute atomic E-state index is 13.3. The Kier molecular flexibility index (Phi) is 6.57. The molecular weight excluding hydrogens is 335 g/mol. The van der Waals surface area contributed by atoms with Crippen molar-refractivity contribution in [3.05, 3.63) is 32.5 Å². The van der Waals surface area contributed by atoms with Gasteiger partial charge in [0.1, 0.15) is 11.5 Å². The molecule has 0 spiro atoms. The third kappa shape index (κ3) is 4.99. The third-order valence-corrected chi connectivity index (χ3v) is 4.08. The van der Waals surface area contributed by atoms with E-state index in [1.54, 1.807) is 0 Å². The predicted molar refractivity (Wildman–Crippen MR) is 81.5 cm³/mol. The van der Waals surface area contributed by atoms with E-state index >= 15 is 0 Å². The molecule has 0 aromatic heterocycles. The summed E-state index contributed by atoms with van der Waals surface area (Å²) in [7, 11) is 0. The van der Waals surface area contributed by atoms with Crippen LogP contribution in [0.15, 0.2) is 16.6 Å². The molecule has 4 nitrogen and oxygen atoms in total. The molecule has 106 valence electrons. The molecule has 0 amide bonds. The summed E-state index contributed by atoms with van der Waals surface area (Å²) in [5, 5.41) is 14.0. The van der Waals surface area contributed by atoms with Crippen LogP contribution in [0, 0.1) is 15.9 Å². The number of nitrogens with zero attached hydrogens (tertiary/aromatic N) is 1. The Bertz CT molecular complexity index is 460. The first-order chi connectivity index (χ1) is 8.95. The van der Waals surface area contributed by atoms with Gasteiger partial charge in [0.2, 0.25) is 0 Å². The highest BCUT2D eigenvalue weighted by Gasteiger charge is 2.18. The highest BCUT2D eigenvalue weighted by Crippen LogP contribution is 2.31. The molecule has 1 aromatic rings. The molecule has 0 radical (unpaired) electrons. The van der Waals surface area contributed by atoms with Crippen LogP contribution in [-0.4, -0.2) is 22.5 Å². The topological polar surface area (TPSA) is 55.2 Å². The summed E-state index contributed by atoms with van der Waals surface area (Å²) >= 11 is 4.86. The maximum Gasteiger partial charge on any atom is 0.295 e. The molecule has 0 saturated carbocycles. The van der Waals surface area contributed by atoms with Gasteiger partial charge in [-0.25, -0.2) is 4.39 Å². The number of nitro groups is 1. The number of nitro benzene ring substituents is 1. The normalized spacial score (nSPS) is 12.2. The van der Waals surface area contributed by atoms with Crippen molar-refractivity contribution in [2.24, 2.45) is 0 Å². The quantitative estimate of drug-likeness (QED) is 0.448. The van der Waals surface area contributed by atoms with Crippen LogP contribution in [0.5, 0.6) is 0 Å². The van der Waals surface area contributed by atoms with Crippen molar-refractivity contribution >= 4 is 39.1 Å². The van der Waals surface area contributed by atoms with Crippen molar-refractivity contribution in [1.29, 1.82) is 0 Å². The fourth-order valence-corrected chi connectivity index (χ4v) is 2.70.